The summed E-state index contributed by atoms with van der Waals surface area (Å²) in [7, 11) is 0. The standard InChI is InChI=1S/C15H27N3O2.ClH/c1-3-10-18(13-6-8-16-9-7-13)15(20)14-5-4-11-17(14)12(2)19;/h13-14,16H,3-11H2,1-2H3;1H. The molecule has 1 N–H and O–H groups in total. The third-order valence-electron chi connectivity index (χ3n) is 4.44. The first kappa shape index (κ1) is 18.2. The third kappa shape index (κ3) is 4.33. The van der Waals surface area contributed by atoms with Crippen molar-refractivity contribution >= 4 is 24.2 Å². The Labute approximate surface area is 133 Å². The van der Waals surface area contributed by atoms with E-state index in [4.69, 9.17) is 0 Å². The van der Waals surface area contributed by atoms with Gasteiger partial charge in [0.05, 0.1) is 0 Å². The number of nitrogens with one attached hydrogen (secondary N) is 1. The summed E-state index contributed by atoms with van der Waals surface area (Å²) in [6.07, 6.45) is 4.80. The molecule has 2 heterocycles. The molecule has 2 amide bonds. The predicted octanol–water partition coefficient (Wildman–Crippen LogP) is 1.41. The van der Waals surface area contributed by atoms with Crippen LogP contribution in [0.15, 0.2) is 0 Å². The molecule has 2 fully saturated rings. The highest BCUT2D eigenvalue weighted by Gasteiger charge is 2.37. The van der Waals surface area contributed by atoms with Gasteiger partial charge in [-0.05, 0) is 45.2 Å². The Bertz CT molecular complexity index is 359. The maximum atomic E-state index is 12.9. The van der Waals surface area contributed by atoms with Crippen LogP contribution in [0.5, 0.6) is 0 Å². The van der Waals surface area contributed by atoms with Gasteiger partial charge in [0, 0.05) is 26.1 Å². The van der Waals surface area contributed by atoms with Gasteiger partial charge in [-0.2, -0.15) is 0 Å². The van der Waals surface area contributed by atoms with Crippen LogP contribution in [0.25, 0.3) is 0 Å². The van der Waals surface area contributed by atoms with E-state index in [1.54, 1.807) is 11.8 Å². The molecule has 1 unspecified atom stereocenters. The van der Waals surface area contributed by atoms with Crippen molar-refractivity contribution in [2.75, 3.05) is 26.2 Å². The van der Waals surface area contributed by atoms with Crippen LogP contribution in [0, 0.1) is 0 Å². The summed E-state index contributed by atoms with van der Waals surface area (Å²) in [5, 5.41) is 3.34. The van der Waals surface area contributed by atoms with E-state index in [1.807, 2.05) is 4.90 Å². The van der Waals surface area contributed by atoms with Gasteiger partial charge in [-0.3, -0.25) is 9.59 Å². The van der Waals surface area contributed by atoms with Gasteiger partial charge in [-0.15, -0.1) is 12.4 Å². The zero-order valence-electron chi connectivity index (χ0n) is 13.1. The van der Waals surface area contributed by atoms with Crippen LogP contribution in [0.2, 0.25) is 0 Å². The Kier molecular flexibility index (Phi) is 7.46. The van der Waals surface area contributed by atoms with Crippen LogP contribution in [0.4, 0.5) is 0 Å². The van der Waals surface area contributed by atoms with E-state index in [9.17, 15) is 9.59 Å². The molecule has 122 valence electrons. The second-order valence-electron chi connectivity index (χ2n) is 5.88. The van der Waals surface area contributed by atoms with E-state index in [1.165, 1.54) is 0 Å². The van der Waals surface area contributed by atoms with E-state index in [0.717, 1.165) is 58.3 Å². The number of carbonyl (C=O) groups is 2. The Hall–Kier alpha value is -0.810. The van der Waals surface area contributed by atoms with Crippen LogP contribution in [-0.4, -0.2) is 59.9 Å². The molecule has 0 radical (unpaired) electrons. The number of hydrogen-bond donors (Lipinski definition) is 1. The molecule has 2 rings (SSSR count). The lowest BCUT2D eigenvalue weighted by molar-refractivity contribution is -0.144. The van der Waals surface area contributed by atoms with Gasteiger partial charge in [-0.25, -0.2) is 0 Å². The molecule has 0 aromatic rings. The molecule has 0 aromatic heterocycles. The lowest BCUT2D eigenvalue weighted by Gasteiger charge is -2.37. The fourth-order valence-electron chi connectivity index (χ4n) is 3.42. The highest BCUT2D eigenvalue weighted by molar-refractivity contribution is 5.87. The summed E-state index contributed by atoms with van der Waals surface area (Å²) < 4.78 is 0. The van der Waals surface area contributed by atoms with Gasteiger partial charge in [0.2, 0.25) is 11.8 Å². The molecule has 5 nitrogen and oxygen atoms in total. The van der Waals surface area contributed by atoms with Crippen molar-refractivity contribution in [1.82, 2.24) is 15.1 Å². The molecule has 0 aromatic carbocycles. The molecular formula is C15H28ClN3O2. The minimum Gasteiger partial charge on any atom is -0.338 e. The zero-order chi connectivity index (χ0) is 14.5. The fraction of sp³-hybridized carbons (Fsp3) is 0.867. The van der Waals surface area contributed by atoms with Crippen LogP contribution >= 0.6 is 12.4 Å². The lowest BCUT2D eigenvalue weighted by Crippen LogP contribution is -2.53. The van der Waals surface area contributed by atoms with Crippen molar-refractivity contribution in [2.45, 2.75) is 58.0 Å². The van der Waals surface area contributed by atoms with Crippen LogP contribution in [0.1, 0.15) is 46.0 Å². The summed E-state index contributed by atoms with van der Waals surface area (Å²) in [6, 6.07) is 0.132. The molecule has 0 bridgehead atoms. The first-order valence-electron chi connectivity index (χ1n) is 7.93. The van der Waals surface area contributed by atoms with Crippen molar-refractivity contribution in [1.29, 1.82) is 0 Å². The van der Waals surface area contributed by atoms with E-state index in [2.05, 4.69) is 12.2 Å². The summed E-state index contributed by atoms with van der Waals surface area (Å²) in [5.41, 5.74) is 0. The minimum atomic E-state index is -0.214. The smallest absolute Gasteiger partial charge is 0.245 e. The monoisotopic (exact) mass is 317 g/mol. The minimum absolute atomic E-state index is 0. The van der Waals surface area contributed by atoms with E-state index < -0.39 is 0 Å². The molecule has 21 heavy (non-hydrogen) atoms. The molecule has 0 saturated carbocycles. The van der Waals surface area contributed by atoms with Crippen molar-refractivity contribution in [3.63, 3.8) is 0 Å². The fourth-order valence-corrected chi connectivity index (χ4v) is 3.42. The molecule has 6 heteroatoms. The van der Waals surface area contributed by atoms with E-state index >= 15 is 0 Å². The average molecular weight is 318 g/mol. The molecular weight excluding hydrogens is 290 g/mol. The van der Waals surface area contributed by atoms with Gasteiger partial charge >= 0.3 is 0 Å². The van der Waals surface area contributed by atoms with Gasteiger partial charge in [-0.1, -0.05) is 6.92 Å². The summed E-state index contributed by atoms with van der Waals surface area (Å²) in [4.78, 5) is 28.3. The van der Waals surface area contributed by atoms with Crippen LogP contribution < -0.4 is 5.32 Å². The summed E-state index contributed by atoms with van der Waals surface area (Å²) in [5.74, 6) is 0.203. The Balaban J connectivity index is 0.00000220. The Morgan fingerprint density at radius 3 is 2.48 bits per heavy atom. The van der Waals surface area contributed by atoms with Crippen LogP contribution in [-0.2, 0) is 9.59 Å². The van der Waals surface area contributed by atoms with Crippen molar-refractivity contribution < 1.29 is 9.59 Å². The molecule has 2 saturated heterocycles. The first-order chi connectivity index (χ1) is 9.65. The number of rotatable bonds is 4. The summed E-state index contributed by atoms with van der Waals surface area (Å²) in [6.45, 7) is 7.20. The molecule has 2 aliphatic rings. The SMILES string of the molecule is CCCN(C(=O)C1CCCN1C(C)=O)C1CCNCC1.Cl. The number of hydrogen-bond acceptors (Lipinski definition) is 3. The molecule has 0 aliphatic carbocycles. The predicted molar refractivity (Wildman–Crippen MR) is 85.6 cm³/mol. The number of carbonyl (C=O) groups excluding carboxylic acids is 2. The second-order valence-corrected chi connectivity index (χ2v) is 5.88. The van der Waals surface area contributed by atoms with E-state index in [0.29, 0.717) is 6.04 Å². The third-order valence-corrected chi connectivity index (χ3v) is 4.44. The number of nitrogens with zero attached hydrogens (tertiary/aromatic N) is 2. The quantitative estimate of drug-likeness (QED) is 0.853. The first-order valence-corrected chi connectivity index (χ1v) is 7.93. The number of piperidine rings is 1. The highest BCUT2D eigenvalue weighted by Crippen LogP contribution is 2.22. The number of halogens is 1. The normalized spacial score (nSPS) is 22.8. The molecule has 0 spiro atoms. The van der Waals surface area contributed by atoms with Gasteiger partial charge in [0.25, 0.3) is 0 Å². The highest BCUT2D eigenvalue weighted by atomic mass is 35.5. The van der Waals surface area contributed by atoms with Gasteiger partial charge in [0.1, 0.15) is 6.04 Å². The van der Waals surface area contributed by atoms with Crippen molar-refractivity contribution in [3.05, 3.63) is 0 Å². The Morgan fingerprint density at radius 1 is 1.24 bits per heavy atom. The lowest BCUT2D eigenvalue weighted by atomic mass is 10.0. The largest absolute Gasteiger partial charge is 0.338 e. The van der Waals surface area contributed by atoms with Crippen LogP contribution in [0.3, 0.4) is 0 Å². The van der Waals surface area contributed by atoms with Crippen molar-refractivity contribution in [3.8, 4) is 0 Å². The number of amides is 2. The zero-order valence-corrected chi connectivity index (χ0v) is 14.0. The van der Waals surface area contributed by atoms with Crippen molar-refractivity contribution in [2.24, 2.45) is 0 Å². The molecule has 2 aliphatic heterocycles. The molecule has 1 atom stereocenters. The summed E-state index contributed by atoms with van der Waals surface area (Å²) >= 11 is 0. The Morgan fingerprint density at radius 2 is 1.90 bits per heavy atom. The van der Waals surface area contributed by atoms with Gasteiger partial charge in [0.15, 0.2) is 0 Å². The number of likely N-dealkylation sites (tertiary alicyclic amines) is 1. The van der Waals surface area contributed by atoms with E-state index in [-0.39, 0.29) is 30.3 Å². The average Bonchev–Trinajstić information content (AvgIpc) is 2.94. The topological polar surface area (TPSA) is 52.7 Å². The second kappa shape index (κ2) is 8.59. The maximum Gasteiger partial charge on any atom is 0.245 e. The maximum absolute atomic E-state index is 12.9. The van der Waals surface area contributed by atoms with Gasteiger partial charge < -0.3 is 15.1 Å².